The summed E-state index contributed by atoms with van der Waals surface area (Å²) in [7, 11) is 0. The van der Waals surface area contributed by atoms with Gasteiger partial charge in [-0.05, 0) is 127 Å². The summed E-state index contributed by atoms with van der Waals surface area (Å²) < 4.78 is 0. The van der Waals surface area contributed by atoms with Crippen molar-refractivity contribution in [3.05, 3.63) is 0 Å². The molecule has 10 N–H and O–H groups in total. The fraction of sp³-hybridized carbons (Fsp3) is 0.756. The van der Waals surface area contributed by atoms with Crippen molar-refractivity contribution in [2.24, 2.45) is 54.7 Å². The molecule has 0 radical (unpaired) electrons. The normalized spacial score (nSPS) is 21.2. The van der Waals surface area contributed by atoms with Crippen molar-refractivity contribution in [3.63, 3.8) is 0 Å². The van der Waals surface area contributed by atoms with Crippen molar-refractivity contribution in [3.8, 4) is 0 Å². The lowest BCUT2D eigenvalue weighted by Gasteiger charge is -2.45. The molecule has 0 bridgehead atoms. The van der Waals surface area contributed by atoms with E-state index in [-0.39, 0.29) is 6.42 Å². The maximum atomic E-state index is 13.1. The molecule has 0 aromatic rings. The van der Waals surface area contributed by atoms with Gasteiger partial charge in [0.1, 0.15) is 0 Å². The standard InChI is InChI=1S/C41H64O20/c1-12-33(3,24(44)45)14-35(5,26(48)49)16-37(7,28(52)53)18-39(9,30(56)57)20-41(11,32(60)61)21-40(10,31(58)59)19-38(8,29(54)55)17-36(6,27(50)51)15-34(4,25(46)47)13-22(2)23(42)43/h22H,12-21H2,1-11H3,(H,42,43)(H,44,45)(H,46,47)(H,48,49)(H,50,51)(H,52,53)(H,54,55)(H,56,57)(H,58,59)(H,60,61). The molecular formula is C41H64O20. The molecule has 0 spiro atoms. The van der Waals surface area contributed by atoms with E-state index in [1.54, 1.807) is 0 Å². The van der Waals surface area contributed by atoms with Gasteiger partial charge in [0.15, 0.2) is 0 Å². The maximum Gasteiger partial charge on any atom is 0.309 e. The molecule has 20 nitrogen and oxygen atoms in total. The zero-order valence-corrected chi connectivity index (χ0v) is 36.7. The molecule has 10 atom stereocenters. The second-order valence-electron chi connectivity index (χ2n) is 20.0. The minimum atomic E-state index is -2.44. The van der Waals surface area contributed by atoms with Crippen LogP contribution in [0.2, 0.25) is 0 Å². The van der Waals surface area contributed by atoms with Crippen LogP contribution in [0.5, 0.6) is 0 Å². The molecule has 0 amide bonds. The lowest BCUT2D eigenvalue weighted by Crippen LogP contribution is -2.50. The molecule has 0 saturated heterocycles. The monoisotopic (exact) mass is 876 g/mol. The third-order valence-electron chi connectivity index (χ3n) is 12.8. The molecule has 0 fully saturated rings. The number of rotatable bonds is 29. The van der Waals surface area contributed by atoms with E-state index in [0.29, 0.717) is 0 Å². The van der Waals surface area contributed by atoms with Gasteiger partial charge in [-0.2, -0.15) is 0 Å². The van der Waals surface area contributed by atoms with Crippen molar-refractivity contribution >= 4 is 59.7 Å². The molecule has 20 heteroatoms. The van der Waals surface area contributed by atoms with Gasteiger partial charge >= 0.3 is 59.7 Å². The Morgan fingerprint density at radius 1 is 0.311 bits per heavy atom. The molecule has 10 unspecified atom stereocenters. The zero-order valence-electron chi connectivity index (χ0n) is 36.7. The van der Waals surface area contributed by atoms with Crippen molar-refractivity contribution in [1.29, 1.82) is 0 Å². The van der Waals surface area contributed by atoms with E-state index >= 15 is 0 Å². The Hall–Kier alpha value is -5.30. The van der Waals surface area contributed by atoms with Crippen LogP contribution in [0, 0.1) is 54.7 Å². The van der Waals surface area contributed by atoms with Gasteiger partial charge in [-0.15, -0.1) is 0 Å². The summed E-state index contributed by atoms with van der Waals surface area (Å²) in [5.74, 6) is -17.8. The Balaban J connectivity index is 7.47. The van der Waals surface area contributed by atoms with Gasteiger partial charge in [0.2, 0.25) is 0 Å². The third-order valence-corrected chi connectivity index (χ3v) is 12.8. The van der Waals surface area contributed by atoms with Crippen LogP contribution in [0.25, 0.3) is 0 Å². The van der Waals surface area contributed by atoms with Crippen LogP contribution in [0.15, 0.2) is 0 Å². The Kier molecular flexibility index (Phi) is 17.1. The summed E-state index contributed by atoms with van der Waals surface area (Å²) in [5.41, 5.74) is -20.0. The van der Waals surface area contributed by atoms with E-state index in [1.165, 1.54) is 20.8 Å². The minimum Gasteiger partial charge on any atom is -0.481 e. The molecule has 0 aromatic heterocycles. The van der Waals surface area contributed by atoms with E-state index < -0.39 is 172 Å². The van der Waals surface area contributed by atoms with Gasteiger partial charge in [0.05, 0.1) is 54.7 Å². The minimum absolute atomic E-state index is 0.0641. The molecule has 61 heavy (non-hydrogen) atoms. The van der Waals surface area contributed by atoms with Crippen molar-refractivity contribution in [2.45, 2.75) is 140 Å². The van der Waals surface area contributed by atoms with E-state index in [0.717, 1.165) is 55.4 Å². The van der Waals surface area contributed by atoms with Crippen LogP contribution in [-0.2, 0) is 47.9 Å². The van der Waals surface area contributed by atoms with Gasteiger partial charge in [-0.1, -0.05) is 13.8 Å². The Morgan fingerprint density at radius 2 is 0.459 bits per heavy atom. The molecule has 0 saturated carbocycles. The highest BCUT2D eigenvalue weighted by Gasteiger charge is 2.59. The predicted octanol–water partition coefficient (Wildman–Crippen LogP) is 5.45. The second-order valence-corrected chi connectivity index (χ2v) is 20.0. The highest BCUT2D eigenvalue weighted by Crippen LogP contribution is 2.55. The predicted molar refractivity (Wildman–Crippen MR) is 210 cm³/mol. The number of carboxylic acids is 10. The largest absolute Gasteiger partial charge is 0.481 e. The van der Waals surface area contributed by atoms with Crippen LogP contribution in [0.4, 0.5) is 0 Å². The lowest BCUT2D eigenvalue weighted by atomic mass is 9.56. The van der Waals surface area contributed by atoms with E-state index in [9.17, 15) is 99.0 Å². The van der Waals surface area contributed by atoms with Crippen molar-refractivity contribution < 1.29 is 99.0 Å². The van der Waals surface area contributed by atoms with Crippen LogP contribution in [0.1, 0.15) is 140 Å². The fourth-order valence-corrected chi connectivity index (χ4v) is 9.74. The highest BCUT2D eigenvalue weighted by atomic mass is 16.4. The highest BCUT2D eigenvalue weighted by molar-refractivity contribution is 5.85. The first-order valence-corrected chi connectivity index (χ1v) is 19.4. The number of aliphatic carboxylic acids is 10. The number of carbonyl (C=O) groups is 10. The Morgan fingerprint density at radius 3 is 0.590 bits per heavy atom. The topological polar surface area (TPSA) is 373 Å². The Bertz CT molecular complexity index is 1790. The van der Waals surface area contributed by atoms with E-state index in [1.807, 2.05) is 0 Å². The summed E-state index contributed by atoms with van der Waals surface area (Å²) in [4.78, 5) is 127. The van der Waals surface area contributed by atoms with Gasteiger partial charge in [-0.3, -0.25) is 47.9 Å². The van der Waals surface area contributed by atoms with Crippen molar-refractivity contribution in [1.82, 2.24) is 0 Å². The second kappa shape index (κ2) is 18.8. The first-order chi connectivity index (χ1) is 27.0. The summed E-state index contributed by atoms with van der Waals surface area (Å²) in [6.45, 7) is 12.0. The van der Waals surface area contributed by atoms with Gasteiger partial charge in [-0.25, -0.2) is 0 Å². The van der Waals surface area contributed by atoms with Crippen LogP contribution >= 0.6 is 0 Å². The molecule has 0 aliphatic rings. The fourth-order valence-electron chi connectivity index (χ4n) is 9.74. The van der Waals surface area contributed by atoms with Gasteiger partial charge in [0, 0.05) is 0 Å². The quantitative estimate of drug-likeness (QED) is 0.0446. The molecule has 0 aliphatic heterocycles. The van der Waals surface area contributed by atoms with Gasteiger partial charge < -0.3 is 51.1 Å². The molecule has 0 heterocycles. The summed E-state index contributed by atoms with van der Waals surface area (Å²) >= 11 is 0. The summed E-state index contributed by atoms with van der Waals surface area (Å²) in [6, 6.07) is 0. The summed E-state index contributed by atoms with van der Waals surface area (Å²) in [5, 5.41) is 103. The number of hydrogen-bond acceptors (Lipinski definition) is 10. The van der Waals surface area contributed by atoms with Crippen LogP contribution in [0.3, 0.4) is 0 Å². The first-order valence-electron chi connectivity index (χ1n) is 19.4. The lowest BCUT2D eigenvalue weighted by molar-refractivity contribution is -0.168. The van der Waals surface area contributed by atoms with Crippen molar-refractivity contribution in [2.75, 3.05) is 0 Å². The Labute approximate surface area is 353 Å². The average Bonchev–Trinajstić information content (AvgIpc) is 3.06. The average molecular weight is 877 g/mol. The first kappa shape index (κ1) is 55.7. The van der Waals surface area contributed by atoms with E-state index in [2.05, 4.69) is 0 Å². The zero-order chi connectivity index (χ0) is 48.9. The molecule has 0 rings (SSSR count). The van der Waals surface area contributed by atoms with Gasteiger partial charge in [0.25, 0.3) is 0 Å². The smallest absolute Gasteiger partial charge is 0.309 e. The molecule has 348 valence electrons. The molecule has 0 aliphatic carbocycles. The third kappa shape index (κ3) is 12.9. The van der Waals surface area contributed by atoms with Crippen LogP contribution < -0.4 is 0 Å². The number of carboxylic acid groups (broad SMARTS) is 10. The summed E-state index contributed by atoms with van der Waals surface area (Å²) in [6.07, 6.45) is -7.85. The maximum absolute atomic E-state index is 13.1. The number of hydrogen-bond donors (Lipinski definition) is 10. The van der Waals surface area contributed by atoms with E-state index in [4.69, 9.17) is 0 Å². The SMILES string of the molecule is CCC(C)(CC(C)(CC(C)(CC(C)(CC(C)(CC(C)(CC(C)(CC(C)(CC(C)(CC(C)C(=O)O)C(=O)O)C(=O)O)C(=O)O)C(=O)O)C(=O)O)C(=O)O)C(=O)O)C(=O)O)C(=O)O. The van der Waals surface area contributed by atoms with Crippen LogP contribution in [-0.4, -0.2) is 111 Å². The molecule has 0 aromatic carbocycles. The molecular weight excluding hydrogens is 812 g/mol.